The first-order chi connectivity index (χ1) is 18.1. The molecule has 4 rings (SSSR count). The predicted molar refractivity (Wildman–Crippen MR) is 136 cm³/mol. The fourth-order valence-corrected chi connectivity index (χ4v) is 5.35. The van der Waals surface area contributed by atoms with Crippen molar-refractivity contribution in [3.8, 4) is 0 Å². The molecule has 3 heterocycles. The Balaban J connectivity index is 1.46. The van der Waals surface area contributed by atoms with Crippen LogP contribution in [0.3, 0.4) is 0 Å². The molecular formula is C22H27N8O7P. The van der Waals surface area contributed by atoms with E-state index in [2.05, 4.69) is 30.4 Å². The number of nitrogens with one attached hydrogen (secondary N) is 4. The summed E-state index contributed by atoms with van der Waals surface area (Å²) in [5.74, 6) is -0.523. The third-order valence-corrected chi connectivity index (χ3v) is 7.39. The molecule has 202 valence electrons. The number of benzene rings is 1. The summed E-state index contributed by atoms with van der Waals surface area (Å²) in [6, 6.07) is 5.52. The van der Waals surface area contributed by atoms with Gasteiger partial charge in [0.15, 0.2) is 0 Å². The maximum atomic E-state index is 12.9. The minimum atomic E-state index is -4.56. The van der Waals surface area contributed by atoms with Crippen LogP contribution in [0.4, 0.5) is 0 Å². The minimum Gasteiger partial charge on any atom is -0.361 e. The Hall–Kier alpha value is -3.71. The Bertz CT molecular complexity index is 1540. The van der Waals surface area contributed by atoms with E-state index >= 15 is 0 Å². The molecule has 16 heteroatoms. The quantitative estimate of drug-likeness (QED) is 0.108. The van der Waals surface area contributed by atoms with Crippen molar-refractivity contribution in [3.05, 3.63) is 79.1 Å². The van der Waals surface area contributed by atoms with Crippen LogP contribution in [0, 0.1) is 6.92 Å². The molecule has 1 aliphatic heterocycles. The van der Waals surface area contributed by atoms with Gasteiger partial charge in [-0.1, -0.05) is 23.3 Å². The maximum absolute atomic E-state index is 12.9. The van der Waals surface area contributed by atoms with Gasteiger partial charge in [0.25, 0.3) is 5.56 Å². The molecule has 38 heavy (non-hydrogen) atoms. The number of H-pyrrole nitrogens is 2. The third kappa shape index (κ3) is 6.05. The van der Waals surface area contributed by atoms with Crippen LogP contribution in [0.5, 0.6) is 0 Å². The van der Waals surface area contributed by atoms with E-state index in [1.54, 1.807) is 6.20 Å². The number of hydrogen-bond acceptors (Lipinski definition) is 7. The van der Waals surface area contributed by atoms with Crippen LogP contribution in [-0.4, -0.2) is 57.2 Å². The molecule has 1 aromatic carbocycles. The largest absolute Gasteiger partial charge is 0.403 e. The van der Waals surface area contributed by atoms with Crippen LogP contribution in [0.25, 0.3) is 21.3 Å². The Morgan fingerprint density at radius 2 is 2.18 bits per heavy atom. The van der Waals surface area contributed by atoms with Crippen LogP contribution in [-0.2, 0) is 25.0 Å². The van der Waals surface area contributed by atoms with Crippen molar-refractivity contribution < 1.29 is 23.5 Å². The molecule has 1 fully saturated rings. The number of hydrogen-bond donors (Lipinski definition) is 5. The van der Waals surface area contributed by atoms with E-state index in [-0.39, 0.29) is 18.4 Å². The van der Waals surface area contributed by atoms with Gasteiger partial charge in [-0.2, -0.15) is 0 Å². The summed E-state index contributed by atoms with van der Waals surface area (Å²) in [5.41, 5.74) is 9.58. The second kappa shape index (κ2) is 11.4. The molecule has 0 aliphatic carbocycles. The highest BCUT2D eigenvalue weighted by Gasteiger charge is 2.39. The van der Waals surface area contributed by atoms with Gasteiger partial charge in [0.05, 0.1) is 18.8 Å². The second-order valence-corrected chi connectivity index (χ2v) is 10.3. The summed E-state index contributed by atoms with van der Waals surface area (Å²) < 4.78 is 25.1. The number of carbonyl (C=O) groups is 1. The number of azide groups is 1. The number of para-hydroxylation sites is 1. The lowest BCUT2D eigenvalue weighted by Gasteiger charge is -2.23. The lowest BCUT2D eigenvalue weighted by atomic mass is 10.1. The highest BCUT2D eigenvalue weighted by molar-refractivity contribution is 7.50. The number of aryl methyl sites for hydroxylation is 1. The van der Waals surface area contributed by atoms with Gasteiger partial charge in [-0.25, -0.2) is 14.4 Å². The fourth-order valence-electron chi connectivity index (χ4n) is 4.32. The van der Waals surface area contributed by atoms with E-state index < -0.39 is 55.9 Å². The smallest absolute Gasteiger partial charge is 0.361 e. The van der Waals surface area contributed by atoms with E-state index in [1.807, 2.05) is 24.3 Å². The first-order valence-electron chi connectivity index (χ1n) is 11.7. The average Bonchev–Trinajstić information content (AvgIpc) is 3.48. The molecule has 15 nitrogen and oxygen atoms in total. The van der Waals surface area contributed by atoms with Crippen LogP contribution in [0.1, 0.15) is 23.8 Å². The summed E-state index contributed by atoms with van der Waals surface area (Å²) in [6.07, 6.45) is 1.31. The standard InChI is InChI=1S/C22H27N8O7P/c1-12-10-30(22(33)26-20(12)31)19-8-16(27-29-23)18(37-19)11-36-38(34,35)28-17(21(32)24-2)7-13-9-25-15-6-4-3-5-14(13)15/h3-6,9-10,16-19,25H,7-8,11H2,1-2H3,(H,24,32)(H,26,31,33)(H2,28,34,35)/t16?,17-,18-,19?/m1/s1. The second-order valence-electron chi connectivity index (χ2n) is 8.79. The first kappa shape index (κ1) is 27.3. The summed E-state index contributed by atoms with van der Waals surface area (Å²) in [6.45, 7) is 1.04. The molecule has 2 aromatic heterocycles. The van der Waals surface area contributed by atoms with Crippen molar-refractivity contribution in [2.45, 2.75) is 44.2 Å². The number of nitrogens with zero attached hydrogens (tertiary/aromatic N) is 4. The average molecular weight is 546 g/mol. The molecule has 5 atom stereocenters. The summed E-state index contributed by atoms with van der Waals surface area (Å²) in [4.78, 5) is 55.0. The fraction of sp³-hybridized carbons (Fsp3) is 0.409. The van der Waals surface area contributed by atoms with Crippen LogP contribution in [0.15, 0.2) is 51.4 Å². The lowest BCUT2D eigenvalue weighted by molar-refractivity contribution is -0.122. The topological polar surface area (TPSA) is 216 Å². The third-order valence-electron chi connectivity index (χ3n) is 6.25. The number of amides is 1. The van der Waals surface area contributed by atoms with E-state index in [0.29, 0.717) is 0 Å². The van der Waals surface area contributed by atoms with Crippen molar-refractivity contribution in [1.82, 2.24) is 24.9 Å². The normalized spacial score (nSPS) is 21.5. The lowest BCUT2D eigenvalue weighted by Crippen LogP contribution is -2.43. The molecular weight excluding hydrogens is 519 g/mol. The summed E-state index contributed by atoms with van der Waals surface area (Å²) in [5, 5.41) is 9.39. The Kier molecular flexibility index (Phi) is 8.17. The van der Waals surface area contributed by atoms with Gasteiger partial charge >= 0.3 is 13.4 Å². The van der Waals surface area contributed by atoms with Crippen LogP contribution in [0.2, 0.25) is 0 Å². The monoisotopic (exact) mass is 546 g/mol. The number of ether oxygens (including phenoxy) is 1. The Morgan fingerprint density at radius 3 is 2.92 bits per heavy atom. The molecule has 1 amide bonds. The number of aromatic amines is 2. The van der Waals surface area contributed by atoms with E-state index in [1.165, 1.54) is 20.2 Å². The van der Waals surface area contributed by atoms with Crippen molar-refractivity contribution in [2.24, 2.45) is 5.11 Å². The molecule has 5 N–H and O–H groups in total. The minimum absolute atomic E-state index is 0.0636. The van der Waals surface area contributed by atoms with Crippen LogP contribution < -0.4 is 21.7 Å². The maximum Gasteiger partial charge on any atom is 0.403 e. The van der Waals surface area contributed by atoms with Gasteiger partial charge in [-0.3, -0.25) is 23.7 Å². The van der Waals surface area contributed by atoms with Crippen molar-refractivity contribution in [3.63, 3.8) is 0 Å². The number of likely N-dealkylation sites (N-methyl/N-ethyl adjacent to an activating group) is 1. The zero-order valence-electron chi connectivity index (χ0n) is 20.5. The molecule has 0 spiro atoms. The molecule has 0 bridgehead atoms. The van der Waals surface area contributed by atoms with Gasteiger partial charge in [-0.05, 0) is 30.5 Å². The number of carbonyl (C=O) groups excluding carboxylic acids is 1. The first-order valence-corrected chi connectivity index (χ1v) is 13.2. The van der Waals surface area contributed by atoms with Crippen molar-refractivity contribution in [1.29, 1.82) is 0 Å². The van der Waals surface area contributed by atoms with Gasteiger partial charge < -0.3 is 19.9 Å². The van der Waals surface area contributed by atoms with E-state index in [9.17, 15) is 23.8 Å². The van der Waals surface area contributed by atoms with Crippen LogP contribution >= 0.6 is 7.75 Å². The van der Waals surface area contributed by atoms with E-state index in [4.69, 9.17) is 14.8 Å². The molecule has 3 aromatic rings. The number of fused-ring (bicyclic) bond motifs is 1. The van der Waals surface area contributed by atoms with Gasteiger partial charge in [0.2, 0.25) is 5.91 Å². The molecule has 1 saturated heterocycles. The molecule has 3 unspecified atom stereocenters. The Morgan fingerprint density at radius 1 is 1.42 bits per heavy atom. The predicted octanol–water partition coefficient (Wildman–Crippen LogP) is 1.36. The van der Waals surface area contributed by atoms with Gasteiger partial charge in [0.1, 0.15) is 12.3 Å². The number of aromatic nitrogens is 3. The van der Waals surface area contributed by atoms with E-state index in [0.717, 1.165) is 21.0 Å². The molecule has 1 aliphatic rings. The van der Waals surface area contributed by atoms with Crippen molar-refractivity contribution in [2.75, 3.05) is 13.7 Å². The zero-order chi connectivity index (χ0) is 27.4. The SMILES string of the molecule is CNC(=O)[C@@H](Cc1c[nH]c2ccccc12)NP(=O)(O)OC[C@H]1OC(n2cc(C)c(=O)[nH]c2=O)CC1N=[N+]=[N-]. The number of rotatable bonds is 10. The highest BCUT2D eigenvalue weighted by Crippen LogP contribution is 2.40. The van der Waals surface area contributed by atoms with Gasteiger partial charge in [-0.15, -0.1) is 0 Å². The van der Waals surface area contributed by atoms with Gasteiger partial charge in [0, 0.05) is 47.2 Å². The zero-order valence-corrected chi connectivity index (χ0v) is 21.4. The summed E-state index contributed by atoms with van der Waals surface area (Å²) in [7, 11) is -3.15. The summed E-state index contributed by atoms with van der Waals surface area (Å²) >= 11 is 0. The van der Waals surface area contributed by atoms with Crippen molar-refractivity contribution >= 4 is 24.6 Å². The highest BCUT2D eigenvalue weighted by atomic mass is 31.2. The molecule has 0 saturated carbocycles. The molecule has 0 radical (unpaired) electrons. The Labute approximate surface area is 215 Å².